The van der Waals surface area contributed by atoms with Crippen LogP contribution in [0.25, 0.3) is 22.2 Å². The predicted octanol–water partition coefficient (Wildman–Crippen LogP) is 5.15. The smallest absolute Gasteiger partial charge is 0.308 e. The maximum absolute atomic E-state index is 11.9. The van der Waals surface area contributed by atoms with Gasteiger partial charge in [-0.3, -0.25) is 4.79 Å². The number of fused-ring (bicyclic) bond motifs is 1. The number of ether oxygens (including phenoxy) is 2. The number of benzene rings is 2. The SMILES string of the molecule is COC(=O)[C@H]1C[C@@H](n2c(Br)c(-c3cccc(OCc4ccccc4)c3)c3c(N)ncnc32)C1. The fraction of sp³-hybridized carbons (Fsp3) is 0.240. The summed E-state index contributed by atoms with van der Waals surface area (Å²) in [6.45, 7) is 0.482. The number of nitrogen functional groups attached to an aromatic ring is 1. The Bertz CT molecular complexity index is 1320. The van der Waals surface area contributed by atoms with E-state index in [0.29, 0.717) is 25.3 Å². The van der Waals surface area contributed by atoms with Crippen molar-refractivity contribution in [2.45, 2.75) is 25.5 Å². The van der Waals surface area contributed by atoms with Crippen molar-refractivity contribution in [3.8, 4) is 16.9 Å². The van der Waals surface area contributed by atoms with Crippen LogP contribution in [0.1, 0.15) is 24.4 Å². The zero-order valence-electron chi connectivity index (χ0n) is 18.1. The van der Waals surface area contributed by atoms with Crippen molar-refractivity contribution >= 4 is 38.8 Å². The predicted molar refractivity (Wildman–Crippen MR) is 130 cm³/mol. The first-order valence-electron chi connectivity index (χ1n) is 10.7. The Kier molecular flexibility index (Phi) is 5.76. The van der Waals surface area contributed by atoms with Gasteiger partial charge in [-0.1, -0.05) is 42.5 Å². The lowest BCUT2D eigenvalue weighted by Gasteiger charge is -2.35. The van der Waals surface area contributed by atoms with E-state index in [9.17, 15) is 4.79 Å². The number of aromatic nitrogens is 3. The van der Waals surface area contributed by atoms with E-state index in [4.69, 9.17) is 15.2 Å². The minimum Gasteiger partial charge on any atom is -0.489 e. The van der Waals surface area contributed by atoms with Gasteiger partial charge in [0.05, 0.1) is 23.0 Å². The van der Waals surface area contributed by atoms with Crippen molar-refractivity contribution < 1.29 is 14.3 Å². The first kappa shape index (κ1) is 21.5. The molecule has 1 saturated carbocycles. The van der Waals surface area contributed by atoms with E-state index < -0.39 is 0 Å². The number of carbonyl (C=O) groups is 1. The molecule has 0 atom stereocenters. The first-order chi connectivity index (χ1) is 16.1. The number of nitrogens with two attached hydrogens (primary N) is 1. The molecule has 2 aromatic carbocycles. The minimum absolute atomic E-state index is 0.0956. The number of halogens is 1. The molecule has 0 saturated heterocycles. The molecule has 2 aromatic heterocycles. The molecular weight excluding hydrogens is 484 g/mol. The van der Waals surface area contributed by atoms with Crippen molar-refractivity contribution in [3.05, 3.63) is 71.1 Å². The summed E-state index contributed by atoms with van der Waals surface area (Å²) in [7, 11) is 1.43. The Morgan fingerprint density at radius 2 is 1.94 bits per heavy atom. The molecule has 8 heteroatoms. The molecule has 0 amide bonds. The normalized spacial score (nSPS) is 17.5. The highest BCUT2D eigenvalue weighted by Gasteiger charge is 2.39. The van der Waals surface area contributed by atoms with Crippen LogP contribution in [0.2, 0.25) is 0 Å². The fourth-order valence-electron chi connectivity index (χ4n) is 4.37. The van der Waals surface area contributed by atoms with Crippen LogP contribution in [0.4, 0.5) is 5.82 Å². The molecule has 1 aliphatic carbocycles. The number of carbonyl (C=O) groups excluding carboxylic acids is 1. The van der Waals surface area contributed by atoms with Gasteiger partial charge in [0.25, 0.3) is 0 Å². The summed E-state index contributed by atoms with van der Waals surface area (Å²) >= 11 is 3.80. The second-order valence-electron chi connectivity index (χ2n) is 8.14. The van der Waals surface area contributed by atoms with Crippen LogP contribution >= 0.6 is 15.9 Å². The molecule has 2 N–H and O–H groups in total. The second kappa shape index (κ2) is 8.86. The Hall–Kier alpha value is -3.39. The third-order valence-electron chi connectivity index (χ3n) is 6.14. The minimum atomic E-state index is -0.170. The Morgan fingerprint density at radius 3 is 2.70 bits per heavy atom. The maximum Gasteiger partial charge on any atom is 0.308 e. The molecule has 1 aliphatic rings. The number of rotatable bonds is 6. The summed E-state index contributed by atoms with van der Waals surface area (Å²) in [5.74, 6) is 0.904. The molecule has 0 aliphatic heterocycles. The van der Waals surface area contributed by atoms with E-state index in [-0.39, 0.29) is 17.9 Å². The van der Waals surface area contributed by atoms with E-state index in [1.54, 1.807) is 0 Å². The fourth-order valence-corrected chi connectivity index (χ4v) is 5.25. The molecule has 0 unspecified atom stereocenters. The van der Waals surface area contributed by atoms with Gasteiger partial charge in [-0.05, 0) is 52.0 Å². The molecule has 4 aromatic rings. The number of nitrogens with zero attached hydrogens (tertiary/aromatic N) is 3. The van der Waals surface area contributed by atoms with Gasteiger partial charge in [0.2, 0.25) is 0 Å². The third-order valence-corrected chi connectivity index (χ3v) is 6.92. The molecule has 7 nitrogen and oxygen atoms in total. The van der Waals surface area contributed by atoms with E-state index in [1.165, 1.54) is 13.4 Å². The Morgan fingerprint density at radius 1 is 1.15 bits per heavy atom. The van der Waals surface area contributed by atoms with Gasteiger partial charge >= 0.3 is 5.97 Å². The zero-order valence-corrected chi connectivity index (χ0v) is 19.7. The van der Waals surface area contributed by atoms with Gasteiger partial charge in [0, 0.05) is 11.6 Å². The number of hydrogen-bond acceptors (Lipinski definition) is 6. The topological polar surface area (TPSA) is 92.3 Å². The maximum atomic E-state index is 11.9. The van der Waals surface area contributed by atoms with E-state index in [2.05, 4.69) is 30.5 Å². The molecule has 33 heavy (non-hydrogen) atoms. The second-order valence-corrected chi connectivity index (χ2v) is 8.89. The molecule has 1 fully saturated rings. The lowest BCUT2D eigenvalue weighted by atomic mass is 9.80. The van der Waals surface area contributed by atoms with Crippen molar-refractivity contribution in [1.82, 2.24) is 14.5 Å². The van der Waals surface area contributed by atoms with Crippen LogP contribution in [0.5, 0.6) is 5.75 Å². The highest BCUT2D eigenvalue weighted by molar-refractivity contribution is 9.10. The number of anilines is 1. The third kappa shape index (κ3) is 3.95. The van der Waals surface area contributed by atoms with Crippen molar-refractivity contribution in [2.75, 3.05) is 12.8 Å². The van der Waals surface area contributed by atoms with Crippen LogP contribution in [-0.2, 0) is 16.1 Å². The van der Waals surface area contributed by atoms with Gasteiger partial charge < -0.3 is 19.8 Å². The summed E-state index contributed by atoms with van der Waals surface area (Å²) in [6.07, 6.45) is 2.86. The van der Waals surface area contributed by atoms with Gasteiger partial charge in [0.1, 0.15) is 30.1 Å². The van der Waals surface area contributed by atoms with Gasteiger partial charge in [0.15, 0.2) is 0 Å². The summed E-state index contributed by atoms with van der Waals surface area (Å²) < 4.78 is 13.9. The van der Waals surface area contributed by atoms with Crippen LogP contribution in [-0.4, -0.2) is 27.6 Å². The molecule has 0 bridgehead atoms. The molecule has 5 rings (SSSR count). The van der Waals surface area contributed by atoms with Gasteiger partial charge in [-0.25, -0.2) is 9.97 Å². The van der Waals surface area contributed by atoms with E-state index in [1.807, 2.05) is 54.6 Å². The summed E-state index contributed by atoms with van der Waals surface area (Å²) in [4.78, 5) is 20.7. The summed E-state index contributed by atoms with van der Waals surface area (Å²) in [5.41, 5.74) is 10.0. The zero-order chi connectivity index (χ0) is 22.9. The molecule has 0 radical (unpaired) electrons. The summed E-state index contributed by atoms with van der Waals surface area (Å²) in [6, 6.07) is 18.1. The number of esters is 1. The highest BCUT2D eigenvalue weighted by Crippen LogP contribution is 2.47. The van der Waals surface area contributed by atoms with Crippen LogP contribution in [0.3, 0.4) is 0 Å². The largest absolute Gasteiger partial charge is 0.489 e. The standard InChI is InChI=1S/C25H23BrN4O3/c1-32-25(31)17-10-18(11-17)30-22(26)20(21-23(27)28-14-29-24(21)30)16-8-5-9-19(12-16)33-13-15-6-3-2-4-7-15/h2-9,12,14,17-18H,10-11,13H2,1H3,(H2,27,28,29)/t17-,18+. The van der Waals surface area contributed by atoms with E-state index >= 15 is 0 Å². The Labute approximate surface area is 199 Å². The lowest BCUT2D eigenvalue weighted by Crippen LogP contribution is -2.33. The van der Waals surface area contributed by atoms with Crippen molar-refractivity contribution in [3.63, 3.8) is 0 Å². The lowest BCUT2D eigenvalue weighted by molar-refractivity contribution is -0.149. The van der Waals surface area contributed by atoms with Crippen LogP contribution < -0.4 is 10.5 Å². The average Bonchev–Trinajstić information content (AvgIpc) is 3.10. The van der Waals surface area contributed by atoms with Crippen molar-refractivity contribution in [2.24, 2.45) is 5.92 Å². The van der Waals surface area contributed by atoms with Gasteiger partial charge in [-0.15, -0.1) is 0 Å². The molecular formula is C25H23BrN4O3. The molecule has 168 valence electrons. The van der Waals surface area contributed by atoms with Crippen molar-refractivity contribution in [1.29, 1.82) is 0 Å². The number of methoxy groups -OCH3 is 1. The molecule has 2 heterocycles. The Balaban J connectivity index is 1.51. The van der Waals surface area contributed by atoms with Gasteiger partial charge in [-0.2, -0.15) is 0 Å². The average molecular weight is 507 g/mol. The van der Waals surface area contributed by atoms with Crippen LogP contribution in [0, 0.1) is 5.92 Å². The highest BCUT2D eigenvalue weighted by atomic mass is 79.9. The monoisotopic (exact) mass is 506 g/mol. The first-order valence-corrected chi connectivity index (χ1v) is 11.5. The quantitative estimate of drug-likeness (QED) is 0.363. The number of hydrogen-bond donors (Lipinski definition) is 1. The summed E-state index contributed by atoms with van der Waals surface area (Å²) in [5, 5.41) is 0.783. The van der Waals surface area contributed by atoms with Crippen LogP contribution in [0.15, 0.2) is 65.5 Å². The van der Waals surface area contributed by atoms with E-state index in [0.717, 1.165) is 38.1 Å². The molecule has 0 spiro atoms.